The van der Waals surface area contributed by atoms with Crippen molar-refractivity contribution in [3.63, 3.8) is 0 Å². The first-order valence-corrected chi connectivity index (χ1v) is 7.77. The average molecular weight is 285 g/mol. The Morgan fingerprint density at radius 3 is 2.62 bits per heavy atom. The van der Waals surface area contributed by atoms with Crippen LogP contribution in [0.15, 0.2) is 24.5 Å². The molecule has 0 bridgehead atoms. The highest BCUT2D eigenvalue weighted by molar-refractivity contribution is 5.53. The fourth-order valence-electron chi connectivity index (χ4n) is 2.99. The molecule has 21 heavy (non-hydrogen) atoms. The SMILES string of the molecule is CC(C)CN1CCC(c2nc(-c3ccncc3)n[nH]2)CC1. The molecule has 0 spiro atoms. The third-order valence-electron chi connectivity index (χ3n) is 4.04. The molecular formula is C16H23N5. The molecule has 1 aliphatic heterocycles. The van der Waals surface area contributed by atoms with E-state index < -0.39 is 0 Å². The smallest absolute Gasteiger partial charge is 0.181 e. The fraction of sp³-hybridized carbons (Fsp3) is 0.562. The predicted molar refractivity (Wildman–Crippen MR) is 82.9 cm³/mol. The largest absolute Gasteiger partial charge is 0.303 e. The van der Waals surface area contributed by atoms with Crippen LogP contribution in [0.1, 0.15) is 38.4 Å². The molecule has 0 aromatic carbocycles. The van der Waals surface area contributed by atoms with E-state index in [1.54, 1.807) is 12.4 Å². The number of piperidine rings is 1. The zero-order valence-corrected chi connectivity index (χ0v) is 12.8. The summed E-state index contributed by atoms with van der Waals surface area (Å²) in [5, 5.41) is 7.48. The molecule has 3 heterocycles. The topological polar surface area (TPSA) is 57.7 Å². The van der Waals surface area contributed by atoms with Crippen LogP contribution in [0.25, 0.3) is 11.4 Å². The maximum absolute atomic E-state index is 4.68. The van der Waals surface area contributed by atoms with E-state index in [9.17, 15) is 0 Å². The number of rotatable bonds is 4. The summed E-state index contributed by atoms with van der Waals surface area (Å²) in [6.07, 6.45) is 5.88. The molecule has 1 fully saturated rings. The van der Waals surface area contributed by atoms with Crippen molar-refractivity contribution in [2.24, 2.45) is 5.92 Å². The number of hydrogen-bond acceptors (Lipinski definition) is 4. The second-order valence-corrected chi connectivity index (χ2v) is 6.25. The number of nitrogens with zero attached hydrogens (tertiary/aromatic N) is 4. The van der Waals surface area contributed by atoms with Crippen LogP contribution in [-0.2, 0) is 0 Å². The van der Waals surface area contributed by atoms with Gasteiger partial charge in [0, 0.05) is 30.4 Å². The lowest BCUT2D eigenvalue weighted by Crippen LogP contribution is -2.35. The normalized spacial score (nSPS) is 17.5. The Morgan fingerprint density at radius 2 is 1.95 bits per heavy atom. The Morgan fingerprint density at radius 1 is 1.24 bits per heavy atom. The molecule has 2 aromatic heterocycles. The highest BCUT2D eigenvalue weighted by Crippen LogP contribution is 2.27. The van der Waals surface area contributed by atoms with E-state index >= 15 is 0 Å². The Labute approximate surface area is 125 Å². The van der Waals surface area contributed by atoms with Gasteiger partial charge in [-0.25, -0.2) is 4.98 Å². The Hall–Kier alpha value is -1.75. The number of pyridine rings is 1. The van der Waals surface area contributed by atoms with Crippen molar-refractivity contribution in [3.05, 3.63) is 30.4 Å². The minimum atomic E-state index is 0.511. The molecule has 0 aliphatic carbocycles. The lowest BCUT2D eigenvalue weighted by atomic mass is 9.95. The number of hydrogen-bond donors (Lipinski definition) is 1. The summed E-state index contributed by atoms with van der Waals surface area (Å²) in [6, 6.07) is 3.89. The lowest BCUT2D eigenvalue weighted by molar-refractivity contribution is 0.189. The van der Waals surface area contributed by atoms with E-state index in [1.165, 1.54) is 6.54 Å². The minimum Gasteiger partial charge on any atom is -0.303 e. The molecule has 0 radical (unpaired) electrons. The van der Waals surface area contributed by atoms with Crippen molar-refractivity contribution in [2.45, 2.75) is 32.6 Å². The lowest BCUT2D eigenvalue weighted by Gasteiger charge is -2.31. The molecule has 1 saturated heterocycles. The van der Waals surface area contributed by atoms with Gasteiger partial charge in [-0.1, -0.05) is 13.8 Å². The van der Waals surface area contributed by atoms with Crippen LogP contribution in [0.5, 0.6) is 0 Å². The van der Waals surface area contributed by atoms with E-state index in [0.717, 1.165) is 49.1 Å². The van der Waals surface area contributed by atoms with Gasteiger partial charge in [-0.3, -0.25) is 10.1 Å². The second-order valence-electron chi connectivity index (χ2n) is 6.25. The first kappa shape index (κ1) is 14.2. The van der Waals surface area contributed by atoms with E-state index in [4.69, 9.17) is 0 Å². The van der Waals surface area contributed by atoms with E-state index in [-0.39, 0.29) is 0 Å². The Kier molecular flexibility index (Phi) is 4.29. The number of aromatic nitrogens is 4. The minimum absolute atomic E-state index is 0.511. The van der Waals surface area contributed by atoms with Gasteiger partial charge in [0.2, 0.25) is 0 Å². The summed E-state index contributed by atoms with van der Waals surface area (Å²) in [5.41, 5.74) is 1.02. The van der Waals surface area contributed by atoms with Gasteiger partial charge in [-0.05, 0) is 44.0 Å². The van der Waals surface area contributed by atoms with Crippen LogP contribution >= 0.6 is 0 Å². The van der Waals surface area contributed by atoms with Crippen LogP contribution in [0.4, 0.5) is 0 Å². The number of aromatic amines is 1. The molecule has 3 rings (SSSR count). The number of H-pyrrole nitrogens is 1. The zero-order valence-electron chi connectivity index (χ0n) is 12.8. The van der Waals surface area contributed by atoms with Crippen LogP contribution in [0.2, 0.25) is 0 Å². The summed E-state index contributed by atoms with van der Waals surface area (Å²) in [5.74, 6) is 3.06. The maximum Gasteiger partial charge on any atom is 0.181 e. The third kappa shape index (κ3) is 3.47. The van der Waals surface area contributed by atoms with Crippen LogP contribution in [0.3, 0.4) is 0 Å². The summed E-state index contributed by atoms with van der Waals surface area (Å²) in [6.45, 7) is 8.08. The molecule has 0 atom stereocenters. The predicted octanol–water partition coefficient (Wildman–Crippen LogP) is 2.70. The van der Waals surface area contributed by atoms with Gasteiger partial charge in [0.05, 0.1) is 0 Å². The zero-order chi connectivity index (χ0) is 14.7. The molecule has 0 amide bonds. The molecular weight excluding hydrogens is 262 g/mol. The molecule has 5 heteroatoms. The first-order valence-electron chi connectivity index (χ1n) is 7.77. The molecule has 0 unspecified atom stereocenters. The monoisotopic (exact) mass is 285 g/mol. The van der Waals surface area contributed by atoms with Gasteiger partial charge in [-0.15, -0.1) is 0 Å². The van der Waals surface area contributed by atoms with Crippen molar-refractivity contribution >= 4 is 0 Å². The van der Waals surface area contributed by atoms with Crippen molar-refractivity contribution in [1.29, 1.82) is 0 Å². The van der Waals surface area contributed by atoms with E-state index in [1.807, 2.05) is 12.1 Å². The molecule has 112 valence electrons. The summed E-state index contributed by atoms with van der Waals surface area (Å²) < 4.78 is 0. The van der Waals surface area contributed by atoms with Crippen molar-refractivity contribution in [1.82, 2.24) is 25.1 Å². The Bertz CT molecular complexity index is 555. The average Bonchev–Trinajstić information content (AvgIpc) is 2.98. The number of nitrogens with one attached hydrogen (secondary N) is 1. The van der Waals surface area contributed by atoms with Gasteiger partial charge in [-0.2, -0.15) is 5.10 Å². The summed E-state index contributed by atoms with van der Waals surface area (Å²) in [7, 11) is 0. The van der Waals surface area contributed by atoms with Gasteiger partial charge >= 0.3 is 0 Å². The maximum atomic E-state index is 4.68. The third-order valence-corrected chi connectivity index (χ3v) is 4.04. The molecule has 0 saturated carbocycles. The van der Waals surface area contributed by atoms with Crippen LogP contribution < -0.4 is 0 Å². The van der Waals surface area contributed by atoms with Gasteiger partial charge < -0.3 is 4.90 Å². The van der Waals surface area contributed by atoms with Crippen LogP contribution in [-0.4, -0.2) is 44.7 Å². The second kappa shape index (κ2) is 6.35. The van der Waals surface area contributed by atoms with Crippen molar-refractivity contribution in [2.75, 3.05) is 19.6 Å². The van der Waals surface area contributed by atoms with E-state index in [0.29, 0.717) is 5.92 Å². The van der Waals surface area contributed by atoms with Crippen molar-refractivity contribution < 1.29 is 0 Å². The molecule has 1 aliphatic rings. The molecule has 5 nitrogen and oxygen atoms in total. The van der Waals surface area contributed by atoms with Crippen LogP contribution in [0, 0.1) is 5.92 Å². The molecule has 1 N–H and O–H groups in total. The van der Waals surface area contributed by atoms with E-state index in [2.05, 4.69) is 38.9 Å². The fourth-order valence-corrected chi connectivity index (χ4v) is 2.99. The summed E-state index contributed by atoms with van der Waals surface area (Å²) in [4.78, 5) is 11.3. The van der Waals surface area contributed by atoms with Gasteiger partial charge in [0.15, 0.2) is 5.82 Å². The highest BCUT2D eigenvalue weighted by atomic mass is 15.2. The standard InChI is InChI=1S/C16H23N5/c1-12(2)11-21-9-5-14(6-10-21)16-18-15(19-20-16)13-3-7-17-8-4-13/h3-4,7-8,12,14H,5-6,9-11H2,1-2H3,(H,18,19,20). The summed E-state index contributed by atoms with van der Waals surface area (Å²) >= 11 is 0. The highest BCUT2D eigenvalue weighted by Gasteiger charge is 2.23. The quantitative estimate of drug-likeness (QED) is 0.938. The Balaban J connectivity index is 1.63. The van der Waals surface area contributed by atoms with Gasteiger partial charge in [0.25, 0.3) is 0 Å². The first-order chi connectivity index (χ1) is 10.2. The van der Waals surface area contributed by atoms with Crippen molar-refractivity contribution in [3.8, 4) is 11.4 Å². The number of likely N-dealkylation sites (tertiary alicyclic amines) is 1. The molecule has 2 aromatic rings. The van der Waals surface area contributed by atoms with Gasteiger partial charge in [0.1, 0.15) is 5.82 Å².